The second kappa shape index (κ2) is 7.46. The Bertz CT molecular complexity index is 486. The van der Waals surface area contributed by atoms with Crippen molar-refractivity contribution in [2.75, 3.05) is 7.11 Å². The Morgan fingerprint density at radius 1 is 1.30 bits per heavy atom. The van der Waals surface area contributed by atoms with Crippen LogP contribution in [0.15, 0.2) is 18.2 Å². The van der Waals surface area contributed by atoms with E-state index in [-0.39, 0.29) is 5.56 Å². The predicted molar refractivity (Wildman–Crippen MR) is 65.2 cm³/mol. The van der Waals surface area contributed by atoms with Crippen LogP contribution in [0, 0.1) is 10.1 Å². The van der Waals surface area contributed by atoms with Gasteiger partial charge in [-0.3, -0.25) is 14.9 Å². The number of nitro benzene ring substituents is 1. The molecule has 0 saturated carbocycles. The van der Waals surface area contributed by atoms with Gasteiger partial charge in [0.15, 0.2) is 0 Å². The summed E-state index contributed by atoms with van der Waals surface area (Å²) < 4.78 is 41.8. The van der Waals surface area contributed by atoms with Gasteiger partial charge in [0.2, 0.25) is 0 Å². The smallest absolute Gasteiger partial charge is 0.416 e. The molecule has 0 fully saturated rings. The van der Waals surface area contributed by atoms with Crippen molar-refractivity contribution in [3.05, 3.63) is 39.4 Å². The van der Waals surface area contributed by atoms with Gasteiger partial charge in [0.25, 0.3) is 5.69 Å². The molecular weight excluding hydrogens is 279 g/mol. The molecule has 0 heterocycles. The quantitative estimate of drug-likeness (QED) is 0.487. The Morgan fingerprint density at radius 2 is 1.85 bits per heavy atom. The van der Waals surface area contributed by atoms with Crippen LogP contribution in [0.5, 0.6) is 0 Å². The van der Waals surface area contributed by atoms with Crippen molar-refractivity contribution < 1.29 is 27.6 Å². The highest BCUT2D eigenvalue weighted by Crippen LogP contribution is 2.32. The molecule has 0 aromatic heterocycles. The third-order valence-electron chi connectivity index (χ3n) is 2.09. The van der Waals surface area contributed by atoms with Crippen LogP contribution in [0.1, 0.15) is 25.0 Å². The van der Waals surface area contributed by atoms with E-state index in [4.69, 9.17) is 0 Å². The average Bonchev–Trinajstić information content (AvgIpc) is 2.39. The summed E-state index contributed by atoms with van der Waals surface area (Å²) in [6.45, 7) is 4.00. The fraction of sp³-hybridized carbons (Fsp3) is 0.417. The summed E-state index contributed by atoms with van der Waals surface area (Å²) in [5.74, 6) is -0.774. The lowest BCUT2D eigenvalue weighted by Gasteiger charge is -2.08. The zero-order valence-corrected chi connectivity index (χ0v) is 11.2. The van der Waals surface area contributed by atoms with Crippen LogP contribution in [-0.2, 0) is 22.1 Å². The summed E-state index contributed by atoms with van der Waals surface area (Å²) in [6, 6.07) is 2.01. The van der Waals surface area contributed by atoms with Crippen LogP contribution in [0.2, 0.25) is 0 Å². The number of benzene rings is 1. The molecule has 0 aliphatic carbocycles. The fourth-order valence-electron chi connectivity index (χ4n) is 1.28. The molecule has 0 bridgehead atoms. The molecule has 0 N–H and O–H groups in total. The summed E-state index contributed by atoms with van der Waals surface area (Å²) in [5, 5.41) is 10.5. The minimum absolute atomic E-state index is 0.122. The van der Waals surface area contributed by atoms with E-state index in [0.29, 0.717) is 12.1 Å². The second-order valence-corrected chi connectivity index (χ2v) is 3.40. The number of carbonyl (C=O) groups excluding carboxylic acids is 1. The number of nitrogens with zero attached hydrogens (tertiary/aromatic N) is 1. The molecule has 0 spiro atoms. The summed E-state index contributed by atoms with van der Waals surface area (Å²) >= 11 is 0. The Hall–Kier alpha value is -2.12. The van der Waals surface area contributed by atoms with Crippen molar-refractivity contribution in [2.24, 2.45) is 0 Å². The Labute approximate surface area is 113 Å². The van der Waals surface area contributed by atoms with E-state index >= 15 is 0 Å². The Kier molecular flexibility index (Phi) is 6.67. The lowest BCUT2D eigenvalue weighted by molar-refractivity contribution is -0.385. The maximum Gasteiger partial charge on any atom is 0.416 e. The first-order valence-corrected chi connectivity index (χ1v) is 5.66. The van der Waals surface area contributed by atoms with Crippen molar-refractivity contribution in [3.63, 3.8) is 0 Å². The highest BCUT2D eigenvalue weighted by Gasteiger charge is 2.32. The van der Waals surface area contributed by atoms with Crippen LogP contribution < -0.4 is 0 Å². The van der Waals surface area contributed by atoms with Gasteiger partial charge in [0, 0.05) is 12.1 Å². The number of carbonyl (C=O) groups is 1. The van der Waals surface area contributed by atoms with Gasteiger partial charge in [0.05, 0.1) is 24.0 Å². The van der Waals surface area contributed by atoms with Gasteiger partial charge in [0.1, 0.15) is 0 Å². The molecule has 20 heavy (non-hydrogen) atoms. The first-order valence-electron chi connectivity index (χ1n) is 5.66. The van der Waals surface area contributed by atoms with Crippen molar-refractivity contribution in [2.45, 2.75) is 26.4 Å². The van der Waals surface area contributed by atoms with E-state index in [1.54, 1.807) is 0 Å². The molecule has 0 radical (unpaired) electrons. The normalized spacial score (nSPS) is 10.3. The maximum atomic E-state index is 12.5. The fourth-order valence-corrected chi connectivity index (χ4v) is 1.28. The van der Waals surface area contributed by atoms with Gasteiger partial charge < -0.3 is 4.74 Å². The summed E-state index contributed by atoms with van der Waals surface area (Å²) in [6.07, 6.45) is -5.17. The molecule has 1 aromatic rings. The van der Waals surface area contributed by atoms with E-state index in [9.17, 15) is 28.1 Å². The minimum Gasteiger partial charge on any atom is -0.469 e. The van der Waals surface area contributed by atoms with Crippen LogP contribution >= 0.6 is 0 Å². The van der Waals surface area contributed by atoms with Crippen molar-refractivity contribution in [3.8, 4) is 0 Å². The number of hydrogen-bond acceptors (Lipinski definition) is 4. The number of hydrogen-bond donors (Lipinski definition) is 0. The predicted octanol–water partition coefficient (Wildman–Crippen LogP) is 3.36. The number of rotatable bonds is 3. The van der Waals surface area contributed by atoms with Crippen molar-refractivity contribution >= 4 is 11.7 Å². The Morgan fingerprint density at radius 3 is 2.25 bits per heavy atom. The highest BCUT2D eigenvalue weighted by molar-refractivity contribution is 5.72. The third-order valence-corrected chi connectivity index (χ3v) is 2.09. The van der Waals surface area contributed by atoms with E-state index in [0.717, 1.165) is 13.2 Å². The molecule has 0 unspecified atom stereocenters. The lowest BCUT2D eigenvalue weighted by atomic mass is 10.1. The maximum absolute atomic E-state index is 12.5. The number of alkyl halides is 3. The third kappa shape index (κ3) is 5.25. The van der Waals surface area contributed by atoms with Crippen molar-refractivity contribution in [1.82, 2.24) is 0 Å². The highest BCUT2D eigenvalue weighted by atomic mass is 19.4. The zero-order chi connectivity index (χ0) is 15.9. The largest absolute Gasteiger partial charge is 0.469 e. The molecule has 0 amide bonds. The van der Waals surface area contributed by atoms with Crippen LogP contribution in [0.4, 0.5) is 18.9 Å². The van der Waals surface area contributed by atoms with Gasteiger partial charge in [-0.1, -0.05) is 13.8 Å². The van der Waals surface area contributed by atoms with Gasteiger partial charge in [-0.05, 0) is 11.6 Å². The minimum atomic E-state index is -4.71. The van der Waals surface area contributed by atoms with E-state index in [2.05, 4.69) is 4.74 Å². The van der Waals surface area contributed by atoms with Crippen LogP contribution in [0.25, 0.3) is 0 Å². The second-order valence-electron chi connectivity index (χ2n) is 3.40. The Balaban J connectivity index is 0.00000172. The molecule has 8 heteroatoms. The van der Waals surface area contributed by atoms with Gasteiger partial charge in [-0.2, -0.15) is 13.2 Å². The van der Waals surface area contributed by atoms with Crippen LogP contribution in [-0.4, -0.2) is 18.0 Å². The van der Waals surface area contributed by atoms with E-state index < -0.39 is 34.7 Å². The molecule has 0 aliphatic heterocycles. The van der Waals surface area contributed by atoms with Crippen molar-refractivity contribution in [1.29, 1.82) is 0 Å². The van der Waals surface area contributed by atoms with Gasteiger partial charge in [-0.15, -0.1) is 0 Å². The number of esters is 1. The zero-order valence-electron chi connectivity index (χ0n) is 11.2. The van der Waals surface area contributed by atoms with Crippen LogP contribution in [0.3, 0.4) is 0 Å². The first-order chi connectivity index (χ1) is 9.24. The number of methoxy groups -OCH3 is 1. The monoisotopic (exact) mass is 293 g/mol. The average molecular weight is 293 g/mol. The summed E-state index contributed by atoms with van der Waals surface area (Å²) in [4.78, 5) is 20.5. The topological polar surface area (TPSA) is 69.4 Å². The van der Waals surface area contributed by atoms with Gasteiger partial charge in [-0.25, -0.2) is 0 Å². The molecule has 5 nitrogen and oxygen atoms in total. The molecule has 1 aromatic carbocycles. The number of nitro groups is 1. The van der Waals surface area contributed by atoms with Gasteiger partial charge >= 0.3 is 12.1 Å². The molecule has 0 aliphatic rings. The SMILES string of the molecule is CC.COC(=O)Cc1cc([N+](=O)[O-])cc(C(F)(F)F)c1. The number of non-ortho nitro benzene ring substituents is 1. The summed E-state index contributed by atoms with van der Waals surface area (Å²) in [7, 11) is 1.07. The molecule has 1 rings (SSSR count). The number of ether oxygens (including phenoxy) is 1. The van der Waals surface area contributed by atoms with E-state index in [1.807, 2.05) is 13.8 Å². The lowest BCUT2D eigenvalue weighted by Crippen LogP contribution is -2.09. The molecule has 0 saturated heterocycles. The van der Waals surface area contributed by atoms with E-state index in [1.165, 1.54) is 0 Å². The summed E-state index contributed by atoms with van der Waals surface area (Å²) in [5.41, 5.74) is -2.01. The number of halogens is 3. The standard InChI is InChI=1S/C10H8F3NO4.C2H6/c1-18-9(15)4-6-2-7(10(11,12)13)5-8(3-6)14(16)17;1-2/h2-3,5H,4H2,1H3;1-2H3. The molecular formula is C12H14F3NO4. The molecule has 112 valence electrons. The molecule has 0 atom stereocenters. The first kappa shape index (κ1) is 17.9.